The molecule has 0 radical (unpaired) electrons. The van der Waals surface area contributed by atoms with Gasteiger partial charge in [0.05, 0.1) is 12.6 Å². The lowest BCUT2D eigenvalue weighted by Gasteiger charge is -2.44. The average molecular weight is 274 g/mol. The molecule has 19 heavy (non-hydrogen) atoms. The summed E-state index contributed by atoms with van der Waals surface area (Å²) in [6.45, 7) is 9.80. The van der Waals surface area contributed by atoms with Crippen LogP contribution in [0, 0.1) is 5.41 Å². The van der Waals surface area contributed by atoms with Crippen LogP contribution in [-0.2, 0) is 4.79 Å². The van der Waals surface area contributed by atoms with Crippen molar-refractivity contribution in [2.24, 2.45) is 5.41 Å². The van der Waals surface area contributed by atoms with Gasteiger partial charge in [0.2, 0.25) is 0 Å². The minimum atomic E-state index is -1.11. The third kappa shape index (κ3) is 5.16. The maximum absolute atomic E-state index is 11.4. The van der Waals surface area contributed by atoms with Crippen molar-refractivity contribution in [2.75, 3.05) is 19.7 Å². The van der Waals surface area contributed by atoms with Crippen molar-refractivity contribution >= 4 is 12.4 Å². The van der Waals surface area contributed by atoms with Gasteiger partial charge in [-0.1, -0.05) is 13.8 Å². The number of nitrogens with zero attached hydrogens (tertiary/aromatic N) is 1. The van der Waals surface area contributed by atoms with Gasteiger partial charge in [0.25, 0.3) is 0 Å². The summed E-state index contributed by atoms with van der Waals surface area (Å²) in [6.07, 6.45) is -0.431. The topological polar surface area (TPSA) is 89.9 Å². The number of carbonyl (C=O) groups excluding carboxylic acids is 1. The molecule has 112 valence electrons. The lowest BCUT2D eigenvalue weighted by Crippen LogP contribution is -2.59. The number of rotatable bonds is 7. The van der Waals surface area contributed by atoms with Crippen molar-refractivity contribution < 1.29 is 19.8 Å². The fourth-order valence-electron chi connectivity index (χ4n) is 2.01. The molecule has 6 heteroatoms. The van der Waals surface area contributed by atoms with Gasteiger partial charge in [-0.05, 0) is 20.8 Å². The highest BCUT2D eigenvalue weighted by molar-refractivity contribution is 5.73. The molecule has 0 aromatic heterocycles. The number of carbonyl (C=O) groups is 2. The van der Waals surface area contributed by atoms with Crippen LogP contribution < -0.4 is 5.32 Å². The van der Waals surface area contributed by atoms with E-state index in [2.05, 4.69) is 5.32 Å². The quantitative estimate of drug-likeness (QED) is 0.475. The molecular formula is C13H26N2O4. The number of carboxylic acid groups (broad SMARTS) is 1. The van der Waals surface area contributed by atoms with Crippen molar-refractivity contribution in [2.45, 2.75) is 46.2 Å². The van der Waals surface area contributed by atoms with Gasteiger partial charge in [0.1, 0.15) is 6.29 Å². The Morgan fingerprint density at radius 2 is 1.84 bits per heavy atom. The monoisotopic (exact) mass is 274 g/mol. The van der Waals surface area contributed by atoms with Crippen molar-refractivity contribution in [1.82, 2.24) is 10.2 Å². The maximum Gasteiger partial charge on any atom is 0.408 e. The molecule has 0 aliphatic rings. The third-order valence-electron chi connectivity index (χ3n) is 3.01. The SMILES string of the molecule is CC(C)(CNCCO)C(C=O)N(C(=O)O)C(C)(C)C. The van der Waals surface area contributed by atoms with Crippen LogP contribution in [0.4, 0.5) is 4.79 Å². The van der Waals surface area contributed by atoms with Gasteiger partial charge in [-0.2, -0.15) is 0 Å². The molecule has 1 atom stereocenters. The minimum Gasteiger partial charge on any atom is -0.465 e. The Labute approximate surface area is 114 Å². The Hall–Kier alpha value is -1.14. The van der Waals surface area contributed by atoms with E-state index in [1.165, 1.54) is 4.90 Å². The second kappa shape index (κ2) is 6.86. The van der Waals surface area contributed by atoms with Crippen molar-refractivity contribution in [3.05, 3.63) is 0 Å². The second-order valence-electron chi connectivity index (χ2n) is 6.29. The number of nitrogens with one attached hydrogen (secondary N) is 1. The summed E-state index contributed by atoms with van der Waals surface area (Å²) in [5.41, 5.74) is -1.23. The van der Waals surface area contributed by atoms with E-state index in [0.717, 1.165) is 0 Å². The molecule has 6 nitrogen and oxygen atoms in total. The zero-order valence-electron chi connectivity index (χ0n) is 12.4. The van der Waals surface area contributed by atoms with Gasteiger partial charge in [0.15, 0.2) is 0 Å². The van der Waals surface area contributed by atoms with E-state index in [9.17, 15) is 14.7 Å². The highest BCUT2D eigenvalue weighted by atomic mass is 16.4. The molecule has 3 N–H and O–H groups in total. The first-order valence-electron chi connectivity index (χ1n) is 6.37. The Morgan fingerprint density at radius 3 is 2.16 bits per heavy atom. The molecule has 0 aliphatic carbocycles. The Morgan fingerprint density at radius 1 is 1.32 bits per heavy atom. The molecule has 0 heterocycles. The Bertz CT molecular complexity index is 310. The van der Waals surface area contributed by atoms with Gasteiger partial charge in [-0.3, -0.25) is 4.90 Å². The van der Waals surface area contributed by atoms with E-state index < -0.39 is 23.1 Å². The normalized spacial score (nSPS) is 14.0. The predicted molar refractivity (Wildman–Crippen MR) is 73.2 cm³/mol. The van der Waals surface area contributed by atoms with Crippen LogP contribution in [0.15, 0.2) is 0 Å². The number of aliphatic hydroxyl groups excluding tert-OH is 1. The Balaban J connectivity index is 5.14. The third-order valence-corrected chi connectivity index (χ3v) is 3.01. The highest BCUT2D eigenvalue weighted by Crippen LogP contribution is 2.28. The summed E-state index contributed by atoms with van der Waals surface area (Å²) >= 11 is 0. The smallest absolute Gasteiger partial charge is 0.408 e. The molecule has 0 spiro atoms. The summed E-state index contributed by atoms with van der Waals surface area (Å²) in [5.74, 6) is 0. The second-order valence-corrected chi connectivity index (χ2v) is 6.29. The first-order valence-corrected chi connectivity index (χ1v) is 6.37. The van der Waals surface area contributed by atoms with E-state index in [0.29, 0.717) is 19.4 Å². The fourth-order valence-corrected chi connectivity index (χ4v) is 2.01. The van der Waals surface area contributed by atoms with Crippen LogP contribution in [0.5, 0.6) is 0 Å². The van der Waals surface area contributed by atoms with E-state index in [1.54, 1.807) is 20.8 Å². The largest absolute Gasteiger partial charge is 0.465 e. The standard InChI is InChI=1S/C13H26N2O4/c1-12(2,3)15(11(18)19)10(8-17)13(4,5)9-14-6-7-16/h8,10,14,16H,6-7,9H2,1-5H3,(H,18,19). The van der Waals surface area contributed by atoms with Crippen molar-refractivity contribution in [3.63, 3.8) is 0 Å². The minimum absolute atomic E-state index is 0.00372. The van der Waals surface area contributed by atoms with Gasteiger partial charge in [-0.25, -0.2) is 4.79 Å². The van der Waals surface area contributed by atoms with Gasteiger partial charge in [0, 0.05) is 24.0 Å². The van der Waals surface area contributed by atoms with Crippen molar-refractivity contribution in [3.8, 4) is 0 Å². The number of hydrogen-bond donors (Lipinski definition) is 3. The summed E-state index contributed by atoms with van der Waals surface area (Å²) in [4.78, 5) is 24.0. The van der Waals surface area contributed by atoms with Gasteiger partial charge >= 0.3 is 6.09 Å². The highest BCUT2D eigenvalue weighted by Gasteiger charge is 2.41. The molecule has 0 saturated heterocycles. The molecule has 0 aliphatic heterocycles. The summed E-state index contributed by atoms with van der Waals surface area (Å²) in [5, 5.41) is 21.1. The van der Waals surface area contributed by atoms with Crippen LogP contribution in [0.25, 0.3) is 0 Å². The molecule has 0 aromatic carbocycles. The lowest BCUT2D eigenvalue weighted by molar-refractivity contribution is -0.117. The van der Waals surface area contributed by atoms with Gasteiger partial charge < -0.3 is 20.3 Å². The van der Waals surface area contributed by atoms with Gasteiger partial charge in [-0.15, -0.1) is 0 Å². The van der Waals surface area contributed by atoms with E-state index >= 15 is 0 Å². The molecule has 0 rings (SSSR count). The Kier molecular flexibility index (Phi) is 6.45. The van der Waals surface area contributed by atoms with Crippen LogP contribution >= 0.6 is 0 Å². The van der Waals surface area contributed by atoms with Crippen molar-refractivity contribution in [1.29, 1.82) is 0 Å². The molecule has 0 fully saturated rings. The zero-order chi connectivity index (χ0) is 15.3. The van der Waals surface area contributed by atoms with Crippen LogP contribution in [-0.4, -0.2) is 58.8 Å². The first-order chi connectivity index (χ1) is 8.57. The van der Waals surface area contributed by atoms with Crippen LogP contribution in [0.2, 0.25) is 0 Å². The van der Waals surface area contributed by atoms with Crippen LogP contribution in [0.1, 0.15) is 34.6 Å². The lowest BCUT2D eigenvalue weighted by atomic mass is 9.82. The van der Waals surface area contributed by atoms with E-state index in [-0.39, 0.29) is 6.61 Å². The summed E-state index contributed by atoms with van der Waals surface area (Å²) < 4.78 is 0. The average Bonchev–Trinajstić information content (AvgIpc) is 2.23. The molecule has 0 saturated carbocycles. The molecule has 1 unspecified atom stereocenters. The zero-order valence-corrected chi connectivity index (χ0v) is 12.4. The number of aldehydes is 1. The summed E-state index contributed by atoms with van der Waals surface area (Å²) in [6, 6.07) is -0.754. The van der Waals surface area contributed by atoms with E-state index in [4.69, 9.17) is 5.11 Å². The number of amides is 1. The predicted octanol–water partition coefficient (Wildman–Crippen LogP) is 0.941. The van der Waals surface area contributed by atoms with Crippen LogP contribution in [0.3, 0.4) is 0 Å². The van der Waals surface area contributed by atoms with E-state index in [1.807, 2.05) is 13.8 Å². The molecule has 0 bridgehead atoms. The number of hydrogen-bond acceptors (Lipinski definition) is 4. The fraction of sp³-hybridized carbons (Fsp3) is 0.846. The summed E-state index contributed by atoms with van der Waals surface area (Å²) in [7, 11) is 0. The molecule has 0 aromatic rings. The molecule has 1 amide bonds. The first kappa shape index (κ1) is 17.9. The molecular weight excluding hydrogens is 248 g/mol. The number of aliphatic hydroxyl groups is 1. The maximum atomic E-state index is 11.4.